The number of phenols is 1. The Balaban J connectivity index is 2.18. The summed E-state index contributed by atoms with van der Waals surface area (Å²) in [4.78, 5) is 11.5. The third-order valence-corrected chi connectivity index (χ3v) is 3.83. The Hall–Kier alpha value is -3.28. The van der Waals surface area contributed by atoms with Gasteiger partial charge in [-0.3, -0.25) is 10.1 Å². The lowest BCUT2D eigenvalue weighted by Crippen LogP contribution is -2.05. The van der Waals surface area contributed by atoms with Crippen LogP contribution in [0, 0.1) is 6.92 Å². The van der Waals surface area contributed by atoms with Crippen molar-refractivity contribution in [1.82, 2.24) is 5.16 Å². The number of carbonyl (C=O) groups excluding carboxylic acids is 1. The first-order valence-electron chi connectivity index (χ1n) is 7.71. The van der Waals surface area contributed by atoms with E-state index in [1.54, 1.807) is 25.3 Å². The van der Waals surface area contributed by atoms with Crippen LogP contribution in [-0.4, -0.2) is 23.3 Å². The van der Waals surface area contributed by atoms with Crippen molar-refractivity contribution in [3.05, 3.63) is 48.0 Å². The summed E-state index contributed by atoms with van der Waals surface area (Å²) in [5.41, 5.74) is 3.74. The Morgan fingerprint density at radius 1 is 1.20 bits per heavy atom. The van der Waals surface area contributed by atoms with Gasteiger partial charge in [-0.2, -0.15) is 0 Å². The number of ether oxygens (including phenoxy) is 1. The lowest BCUT2D eigenvalue weighted by atomic mass is 9.97. The van der Waals surface area contributed by atoms with Crippen molar-refractivity contribution >= 4 is 11.8 Å². The van der Waals surface area contributed by atoms with E-state index in [1.807, 2.05) is 31.2 Å². The number of anilines is 1. The Morgan fingerprint density at radius 3 is 2.52 bits per heavy atom. The van der Waals surface area contributed by atoms with Crippen molar-refractivity contribution in [3.8, 4) is 33.9 Å². The Morgan fingerprint density at radius 2 is 1.92 bits per heavy atom. The number of aryl methyl sites for hydroxylation is 1. The summed E-state index contributed by atoms with van der Waals surface area (Å²) >= 11 is 0. The number of amides is 1. The molecule has 0 saturated heterocycles. The monoisotopic (exact) mass is 338 g/mol. The number of phenolic OH excluding ortho intramolecular Hbond substituents is 1. The second kappa shape index (κ2) is 6.68. The standard InChI is InChI=1S/C19H18N2O4/c1-11-10-14(23)6-9-16(11)18-17(19(25-21-18)20-12(2)22)13-4-7-15(24-3)8-5-13/h4-10,23H,1-3H3,(H,20,22). The van der Waals surface area contributed by atoms with Gasteiger partial charge in [-0.15, -0.1) is 0 Å². The second-order valence-corrected chi connectivity index (χ2v) is 5.64. The van der Waals surface area contributed by atoms with E-state index < -0.39 is 0 Å². The van der Waals surface area contributed by atoms with Gasteiger partial charge in [0.2, 0.25) is 11.8 Å². The molecule has 6 heteroatoms. The highest BCUT2D eigenvalue weighted by atomic mass is 16.5. The molecule has 6 nitrogen and oxygen atoms in total. The fraction of sp³-hybridized carbons (Fsp3) is 0.158. The number of methoxy groups -OCH3 is 1. The summed E-state index contributed by atoms with van der Waals surface area (Å²) in [5, 5.41) is 16.5. The number of hydrogen-bond acceptors (Lipinski definition) is 5. The molecule has 25 heavy (non-hydrogen) atoms. The molecule has 3 aromatic rings. The first-order chi connectivity index (χ1) is 12.0. The van der Waals surface area contributed by atoms with Crippen LogP contribution in [-0.2, 0) is 4.79 Å². The summed E-state index contributed by atoms with van der Waals surface area (Å²) in [6, 6.07) is 12.4. The largest absolute Gasteiger partial charge is 0.508 e. The van der Waals surface area contributed by atoms with Gasteiger partial charge in [0.15, 0.2) is 0 Å². The minimum atomic E-state index is -0.250. The molecule has 0 bridgehead atoms. The van der Waals surface area contributed by atoms with Gasteiger partial charge in [-0.05, 0) is 48.4 Å². The molecule has 0 saturated carbocycles. The van der Waals surface area contributed by atoms with Crippen LogP contribution in [0.4, 0.5) is 5.88 Å². The van der Waals surface area contributed by atoms with Gasteiger partial charge < -0.3 is 14.4 Å². The molecule has 0 aliphatic heterocycles. The zero-order valence-corrected chi connectivity index (χ0v) is 14.2. The summed E-state index contributed by atoms with van der Waals surface area (Å²) < 4.78 is 10.6. The van der Waals surface area contributed by atoms with Crippen LogP contribution in [0.5, 0.6) is 11.5 Å². The van der Waals surface area contributed by atoms with Crippen molar-refractivity contribution in [2.45, 2.75) is 13.8 Å². The van der Waals surface area contributed by atoms with Gasteiger partial charge in [0.05, 0.1) is 12.7 Å². The fourth-order valence-corrected chi connectivity index (χ4v) is 2.66. The maximum Gasteiger partial charge on any atom is 0.239 e. The van der Waals surface area contributed by atoms with E-state index in [-0.39, 0.29) is 17.5 Å². The van der Waals surface area contributed by atoms with E-state index >= 15 is 0 Å². The van der Waals surface area contributed by atoms with E-state index in [9.17, 15) is 9.90 Å². The van der Waals surface area contributed by atoms with Crippen LogP contribution in [0.15, 0.2) is 47.0 Å². The van der Waals surface area contributed by atoms with Crippen LogP contribution in [0.25, 0.3) is 22.4 Å². The van der Waals surface area contributed by atoms with E-state index in [0.717, 1.165) is 22.4 Å². The molecule has 128 valence electrons. The Bertz CT molecular complexity index is 914. The van der Waals surface area contributed by atoms with E-state index in [2.05, 4.69) is 10.5 Å². The van der Waals surface area contributed by atoms with Crippen molar-refractivity contribution in [2.75, 3.05) is 12.4 Å². The van der Waals surface area contributed by atoms with Crippen LogP contribution < -0.4 is 10.1 Å². The molecule has 2 N–H and O–H groups in total. The molecule has 0 spiro atoms. The average molecular weight is 338 g/mol. The zero-order valence-electron chi connectivity index (χ0n) is 14.2. The third-order valence-electron chi connectivity index (χ3n) is 3.83. The SMILES string of the molecule is COc1ccc(-c2c(-c3ccc(O)cc3C)noc2NC(C)=O)cc1. The quantitative estimate of drug-likeness (QED) is 0.751. The van der Waals surface area contributed by atoms with Gasteiger partial charge in [0, 0.05) is 12.5 Å². The minimum Gasteiger partial charge on any atom is -0.508 e. The molecule has 0 fully saturated rings. The maximum absolute atomic E-state index is 11.5. The van der Waals surface area contributed by atoms with Crippen LogP contribution in [0.1, 0.15) is 12.5 Å². The highest BCUT2D eigenvalue weighted by molar-refractivity contribution is 5.96. The first-order valence-corrected chi connectivity index (χ1v) is 7.71. The predicted octanol–water partition coefficient (Wildman–Crippen LogP) is 3.99. The number of rotatable bonds is 4. The van der Waals surface area contributed by atoms with Crippen molar-refractivity contribution in [3.63, 3.8) is 0 Å². The smallest absolute Gasteiger partial charge is 0.239 e. The number of aromatic hydroxyl groups is 1. The van der Waals surface area contributed by atoms with Crippen molar-refractivity contribution < 1.29 is 19.2 Å². The summed E-state index contributed by atoms with van der Waals surface area (Å²) in [5.74, 6) is 0.932. The molecule has 2 aromatic carbocycles. The van der Waals surface area contributed by atoms with Gasteiger partial charge in [0.25, 0.3) is 0 Å². The minimum absolute atomic E-state index is 0.179. The summed E-state index contributed by atoms with van der Waals surface area (Å²) in [7, 11) is 1.60. The molecule has 0 atom stereocenters. The van der Waals surface area contributed by atoms with Crippen molar-refractivity contribution in [1.29, 1.82) is 0 Å². The lowest BCUT2D eigenvalue weighted by Gasteiger charge is -2.08. The topological polar surface area (TPSA) is 84.6 Å². The Kier molecular flexibility index (Phi) is 4.43. The number of aromatic nitrogens is 1. The molecule has 1 amide bonds. The third kappa shape index (κ3) is 3.33. The predicted molar refractivity (Wildman–Crippen MR) is 94.6 cm³/mol. The fourth-order valence-electron chi connectivity index (χ4n) is 2.66. The highest BCUT2D eigenvalue weighted by Gasteiger charge is 2.21. The number of hydrogen-bond donors (Lipinski definition) is 2. The average Bonchev–Trinajstić information content (AvgIpc) is 2.97. The number of benzene rings is 2. The second-order valence-electron chi connectivity index (χ2n) is 5.64. The normalized spacial score (nSPS) is 10.5. The van der Waals surface area contributed by atoms with E-state index in [4.69, 9.17) is 9.26 Å². The van der Waals surface area contributed by atoms with Gasteiger partial charge in [0.1, 0.15) is 17.2 Å². The van der Waals surface area contributed by atoms with Crippen molar-refractivity contribution in [2.24, 2.45) is 0 Å². The molecule has 0 aliphatic rings. The molecule has 0 radical (unpaired) electrons. The lowest BCUT2D eigenvalue weighted by molar-refractivity contribution is -0.114. The zero-order chi connectivity index (χ0) is 18.0. The molecular formula is C19H18N2O4. The Labute approximate surface area is 145 Å². The maximum atomic E-state index is 11.5. The molecule has 3 rings (SSSR count). The number of nitrogens with zero attached hydrogens (tertiary/aromatic N) is 1. The summed E-state index contributed by atoms with van der Waals surface area (Å²) in [6.45, 7) is 3.28. The van der Waals surface area contributed by atoms with Gasteiger partial charge in [-0.25, -0.2) is 0 Å². The number of nitrogens with one attached hydrogen (secondary N) is 1. The van der Waals surface area contributed by atoms with Gasteiger partial charge >= 0.3 is 0 Å². The van der Waals surface area contributed by atoms with E-state index in [1.165, 1.54) is 6.92 Å². The molecular weight excluding hydrogens is 320 g/mol. The van der Waals surface area contributed by atoms with Crippen LogP contribution in [0.2, 0.25) is 0 Å². The molecule has 0 unspecified atom stereocenters. The van der Waals surface area contributed by atoms with E-state index in [0.29, 0.717) is 11.3 Å². The molecule has 1 heterocycles. The first kappa shape index (κ1) is 16.6. The van der Waals surface area contributed by atoms with Gasteiger partial charge in [-0.1, -0.05) is 17.3 Å². The molecule has 1 aromatic heterocycles. The van der Waals surface area contributed by atoms with Crippen LogP contribution in [0.3, 0.4) is 0 Å². The highest BCUT2D eigenvalue weighted by Crippen LogP contribution is 2.40. The summed E-state index contributed by atoms with van der Waals surface area (Å²) in [6.07, 6.45) is 0. The molecule has 0 aliphatic carbocycles. The number of carbonyl (C=O) groups is 1. The van der Waals surface area contributed by atoms with Crippen LogP contribution >= 0.6 is 0 Å².